The molecule has 0 aliphatic heterocycles. The Morgan fingerprint density at radius 1 is 0.462 bits per heavy atom. The third-order valence-corrected chi connectivity index (χ3v) is 5.16. The molecule has 5 rings (SSSR count). The van der Waals surface area contributed by atoms with E-state index in [2.05, 4.69) is 106 Å². The maximum atomic E-state index is 2.34. The molecule has 0 amide bonds. The van der Waals surface area contributed by atoms with E-state index in [1.54, 1.807) is 0 Å². The van der Waals surface area contributed by atoms with Crippen LogP contribution in [0.4, 0.5) is 0 Å². The van der Waals surface area contributed by atoms with Gasteiger partial charge < -0.3 is 9.13 Å². The number of para-hydroxylation sites is 2. The number of hydrogen-bond acceptors (Lipinski definition) is 0. The van der Waals surface area contributed by atoms with Crippen molar-refractivity contribution < 1.29 is 0 Å². The molecule has 2 nitrogen and oxygen atoms in total. The van der Waals surface area contributed by atoms with Gasteiger partial charge in [-0.05, 0) is 46.2 Å². The van der Waals surface area contributed by atoms with E-state index in [1.807, 2.05) is 0 Å². The molecule has 0 N–H and O–H groups in total. The highest BCUT2D eigenvalue weighted by Crippen LogP contribution is 2.21. The molecule has 5 aromatic rings. The summed E-state index contributed by atoms with van der Waals surface area (Å²) < 4.78 is 4.67. The minimum Gasteiger partial charge on any atom is -0.343 e. The Bertz CT molecular complexity index is 1100. The fourth-order valence-corrected chi connectivity index (χ4v) is 3.79. The number of nitrogens with zero attached hydrogens (tertiary/aromatic N) is 2. The van der Waals surface area contributed by atoms with E-state index < -0.39 is 0 Å². The lowest BCUT2D eigenvalue weighted by molar-refractivity contribution is 0.783. The largest absolute Gasteiger partial charge is 0.343 e. The van der Waals surface area contributed by atoms with Crippen LogP contribution in [0.1, 0.15) is 11.1 Å². The Hall–Kier alpha value is -3.26. The zero-order chi connectivity index (χ0) is 17.3. The summed E-state index contributed by atoms with van der Waals surface area (Å²) in [5.41, 5.74) is 5.31. The van der Waals surface area contributed by atoms with Gasteiger partial charge in [-0.1, -0.05) is 60.7 Å². The summed E-state index contributed by atoms with van der Waals surface area (Å²) in [4.78, 5) is 0. The monoisotopic (exact) mass is 336 g/mol. The van der Waals surface area contributed by atoms with E-state index in [1.165, 1.54) is 32.9 Å². The normalized spacial score (nSPS) is 11.4. The third kappa shape index (κ3) is 2.60. The van der Waals surface area contributed by atoms with Gasteiger partial charge in [-0.15, -0.1) is 0 Å². The molecule has 126 valence electrons. The lowest BCUT2D eigenvalue weighted by Gasteiger charge is -2.13. The van der Waals surface area contributed by atoms with Crippen molar-refractivity contribution in [3.05, 3.63) is 108 Å². The van der Waals surface area contributed by atoms with Crippen LogP contribution in [0.2, 0.25) is 0 Å². The topological polar surface area (TPSA) is 9.86 Å². The van der Waals surface area contributed by atoms with Crippen molar-refractivity contribution in [3.63, 3.8) is 0 Å². The first-order valence-electron chi connectivity index (χ1n) is 9.03. The van der Waals surface area contributed by atoms with E-state index in [4.69, 9.17) is 0 Å². The molecule has 0 saturated heterocycles. The van der Waals surface area contributed by atoms with Crippen LogP contribution in [0.25, 0.3) is 21.8 Å². The summed E-state index contributed by atoms with van der Waals surface area (Å²) in [7, 11) is 0. The van der Waals surface area contributed by atoms with Gasteiger partial charge in [-0.2, -0.15) is 0 Å². The molecular formula is C24H20N2. The third-order valence-electron chi connectivity index (χ3n) is 5.16. The smallest absolute Gasteiger partial charge is 0.0483 e. The lowest BCUT2D eigenvalue weighted by atomic mass is 10.1. The molecule has 2 heterocycles. The number of rotatable bonds is 4. The molecule has 0 bridgehead atoms. The van der Waals surface area contributed by atoms with E-state index in [-0.39, 0.29) is 0 Å². The summed E-state index contributed by atoms with van der Waals surface area (Å²) in [5, 5.41) is 2.59. The highest BCUT2D eigenvalue weighted by Gasteiger charge is 2.07. The molecule has 0 saturated carbocycles. The predicted molar refractivity (Wildman–Crippen MR) is 109 cm³/mol. The van der Waals surface area contributed by atoms with Gasteiger partial charge in [0.05, 0.1) is 0 Å². The number of fused-ring (bicyclic) bond motifs is 2. The van der Waals surface area contributed by atoms with Crippen LogP contribution in [-0.4, -0.2) is 9.13 Å². The second-order valence-electron chi connectivity index (χ2n) is 6.77. The Kier molecular flexibility index (Phi) is 3.60. The second-order valence-corrected chi connectivity index (χ2v) is 6.77. The average Bonchev–Trinajstić information content (AvgIpc) is 3.28. The highest BCUT2D eigenvalue weighted by molar-refractivity contribution is 5.80. The Balaban J connectivity index is 1.51. The summed E-state index contributed by atoms with van der Waals surface area (Å²) in [5.74, 6) is 0. The van der Waals surface area contributed by atoms with Gasteiger partial charge >= 0.3 is 0 Å². The van der Waals surface area contributed by atoms with Crippen molar-refractivity contribution in [2.45, 2.75) is 13.1 Å². The van der Waals surface area contributed by atoms with Crippen LogP contribution < -0.4 is 0 Å². The first kappa shape index (κ1) is 15.0. The average molecular weight is 336 g/mol. The Labute approximate surface area is 152 Å². The minimum absolute atomic E-state index is 0.892. The molecule has 0 atom stereocenters. The van der Waals surface area contributed by atoms with E-state index in [0.717, 1.165) is 13.1 Å². The van der Waals surface area contributed by atoms with Crippen LogP contribution in [-0.2, 0) is 13.1 Å². The van der Waals surface area contributed by atoms with Crippen LogP contribution in [0.3, 0.4) is 0 Å². The Morgan fingerprint density at radius 2 is 0.885 bits per heavy atom. The molecule has 0 unspecified atom stereocenters. The number of hydrogen-bond donors (Lipinski definition) is 0. The number of benzene rings is 3. The van der Waals surface area contributed by atoms with E-state index in [9.17, 15) is 0 Å². The molecule has 26 heavy (non-hydrogen) atoms. The molecule has 2 aromatic heterocycles. The molecule has 0 aliphatic rings. The van der Waals surface area contributed by atoms with Gasteiger partial charge in [0.1, 0.15) is 0 Å². The van der Waals surface area contributed by atoms with Crippen molar-refractivity contribution in [2.75, 3.05) is 0 Å². The van der Waals surface area contributed by atoms with Crippen LogP contribution in [0.15, 0.2) is 97.3 Å². The van der Waals surface area contributed by atoms with Crippen molar-refractivity contribution in [1.82, 2.24) is 9.13 Å². The van der Waals surface area contributed by atoms with Gasteiger partial charge in [0.25, 0.3) is 0 Å². The van der Waals surface area contributed by atoms with Crippen molar-refractivity contribution in [3.8, 4) is 0 Å². The van der Waals surface area contributed by atoms with Gasteiger partial charge in [0.15, 0.2) is 0 Å². The van der Waals surface area contributed by atoms with Gasteiger partial charge in [-0.3, -0.25) is 0 Å². The van der Waals surface area contributed by atoms with E-state index in [0.29, 0.717) is 0 Å². The lowest BCUT2D eigenvalue weighted by Crippen LogP contribution is -2.05. The maximum Gasteiger partial charge on any atom is 0.0483 e. The first-order valence-corrected chi connectivity index (χ1v) is 9.03. The fraction of sp³-hybridized carbons (Fsp3) is 0.0833. The summed E-state index contributed by atoms with van der Waals surface area (Å²) >= 11 is 0. The first-order chi connectivity index (χ1) is 12.9. The quantitative estimate of drug-likeness (QED) is 0.399. The molecule has 0 spiro atoms. The van der Waals surface area contributed by atoms with Crippen LogP contribution in [0.5, 0.6) is 0 Å². The summed E-state index contributed by atoms with van der Waals surface area (Å²) in [6, 6.07) is 30.3. The van der Waals surface area contributed by atoms with Gasteiger partial charge in [0.2, 0.25) is 0 Å². The molecule has 0 aliphatic carbocycles. The van der Waals surface area contributed by atoms with Crippen molar-refractivity contribution in [2.24, 2.45) is 0 Å². The zero-order valence-corrected chi connectivity index (χ0v) is 14.5. The van der Waals surface area contributed by atoms with Crippen LogP contribution >= 0.6 is 0 Å². The van der Waals surface area contributed by atoms with Crippen molar-refractivity contribution >= 4 is 21.8 Å². The standard InChI is InChI=1S/C24H20N2/c1-2-10-22(18-26-16-14-20-8-4-6-12-24(20)26)21(9-1)17-25-15-13-19-7-3-5-11-23(19)25/h1-16H,17-18H2. The van der Waals surface area contributed by atoms with Crippen LogP contribution in [0, 0.1) is 0 Å². The van der Waals surface area contributed by atoms with Crippen molar-refractivity contribution in [1.29, 1.82) is 0 Å². The number of aromatic nitrogens is 2. The van der Waals surface area contributed by atoms with Gasteiger partial charge in [-0.25, -0.2) is 0 Å². The van der Waals surface area contributed by atoms with Gasteiger partial charge in [0, 0.05) is 36.5 Å². The Morgan fingerprint density at radius 3 is 1.38 bits per heavy atom. The minimum atomic E-state index is 0.892. The predicted octanol–water partition coefficient (Wildman–Crippen LogP) is 5.69. The molecule has 2 heteroatoms. The zero-order valence-electron chi connectivity index (χ0n) is 14.5. The molecule has 3 aromatic carbocycles. The second kappa shape index (κ2) is 6.23. The highest BCUT2D eigenvalue weighted by atomic mass is 15.0. The summed E-state index contributed by atoms with van der Waals surface area (Å²) in [6.07, 6.45) is 4.37. The molecule has 0 fully saturated rings. The fourth-order valence-electron chi connectivity index (χ4n) is 3.79. The SMILES string of the molecule is c1ccc(Cn2ccc3ccccc32)c(Cn2ccc3ccccc32)c1. The summed E-state index contributed by atoms with van der Waals surface area (Å²) in [6.45, 7) is 1.78. The maximum absolute atomic E-state index is 2.34. The van der Waals surface area contributed by atoms with E-state index >= 15 is 0 Å². The molecular weight excluding hydrogens is 316 g/mol. The molecule has 0 radical (unpaired) electrons.